The van der Waals surface area contributed by atoms with Gasteiger partial charge in [0.05, 0.1) is 0 Å². The van der Waals surface area contributed by atoms with Crippen molar-refractivity contribution in [3.05, 3.63) is 24.3 Å². The molecule has 1 aromatic rings. The Balaban J connectivity index is 0.00000243. The number of rotatable bonds is 6. The molecular weight excluding hydrogens is 374 g/mol. The molecule has 2 aliphatic rings. The normalized spacial score (nSPS) is 19.5. The molecule has 1 aromatic carbocycles. The molecule has 26 heavy (non-hydrogen) atoms. The van der Waals surface area contributed by atoms with Gasteiger partial charge in [-0.3, -0.25) is 9.59 Å². The van der Waals surface area contributed by atoms with E-state index in [0.717, 1.165) is 44.0 Å². The molecule has 0 saturated carbocycles. The molecule has 1 atom stereocenters. The number of ether oxygens (including phenoxy) is 1. The van der Waals surface area contributed by atoms with Gasteiger partial charge in [-0.2, -0.15) is 11.8 Å². The molecule has 0 bridgehead atoms. The van der Waals surface area contributed by atoms with Crippen molar-refractivity contribution >= 4 is 41.7 Å². The molecule has 2 saturated heterocycles. The van der Waals surface area contributed by atoms with Crippen molar-refractivity contribution in [1.82, 2.24) is 10.2 Å². The molecule has 0 aromatic heterocycles. The first-order valence-corrected chi connectivity index (χ1v) is 9.98. The van der Waals surface area contributed by atoms with Crippen molar-refractivity contribution in [3.63, 3.8) is 0 Å². The number of anilines is 1. The number of halogens is 1. The summed E-state index contributed by atoms with van der Waals surface area (Å²) in [5, 5.41) is 6.27. The fourth-order valence-electron chi connectivity index (χ4n) is 3.05. The largest absolute Gasteiger partial charge is 0.484 e. The second kappa shape index (κ2) is 10.6. The third kappa shape index (κ3) is 6.37. The Kier molecular flexibility index (Phi) is 8.54. The van der Waals surface area contributed by atoms with Gasteiger partial charge < -0.3 is 20.3 Å². The maximum Gasteiger partial charge on any atom is 0.260 e. The van der Waals surface area contributed by atoms with E-state index in [1.807, 2.05) is 28.8 Å². The third-order valence-electron chi connectivity index (χ3n) is 4.37. The lowest BCUT2D eigenvalue weighted by Crippen LogP contribution is -2.39. The standard InChI is InChI=1S/C18H25N3O3S.ClH/c22-17(11-15-13-25-9-6-19-15)20-14-4-3-5-16(10-14)24-12-18(23)21-7-1-2-8-21;/h3-5,10,15,19H,1-2,6-9,11-13H2,(H,20,22);1H. The molecule has 1 unspecified atom stereocenters. The topological polar surface area (TPSA) is 70.7 Å². The molecule has 144 valence electrons. The Labute approximate surface area is 164 Å². The lowest BCUT2D eigenvalue weighted by molar-refractivity contribution is -0.132. The Morgan fingerprint density at radius 3 is 2.85 bits per heavy atom. The lowest BCUT2D eigenvalue weighted by Gasteiger charge is -2.22. The lowest BCUT2D eigenvalue weighted by atomic mass is 10.2. The van der Waals surface area contributed by atoms with E-state index in [1.54, 1.807) is 12.1 Å². The molecule has 2 heterocycles. The van der Waals surface area contributed by atoms with Crippen molar-refractivity contribution in [2.24, 2.45) is 0 Å². The molecule has 8 heteroatoms. The highest BCUT2D eigenvalue weighted by Crippen LogP contribution is 2.19. The monoisotopic (exact) mass is 399 g/mol. The second-order valence-electron chi connectivity index (χ2n) is 6.38. The minimum absolute atomic E-state index is 0. The van der Waals surface area contributed by atoms with E-state index >= 15 is 0 Å². The zero-order valence-electron chi connectivity index (χ0n) is 14.7. The number of thioether (sulfide) groups is 1. The van der Waals surface area contributed by atoms with Crippen LogP contribution in [0.1, 0.15) is 19.3 Å². The van der Waals surface area contributed by atoms with Crippen LogP contribution in [0.25, 0.3) is 0 Å². The molecular formula is C18H26ClN3O3S. The van der Waals surface area contributed by atoms with Crippen LogP contribution < -0.4 is 15.4 Å². The number of carbonyl (C=O) groups is 2. The maximum atomic E-state index is 12.2. The van der Waals surface area contributed by atoms with E-state index in [9.17, 15) is 9.59 Å². The van der Waals surface area contributed by atoms with Crippen LogP contribution in [0.2, 0.25) is 0 Å². The quantitative estimate of drug-likeness (QED) is 0.766. The Hall–Kier alpha value is -1.44. The summed E-state index contributed by atoms with van der Waals surface area (Å²) in [7, 11) is 0. The first-order chi connectivity index (χ1) is 12.2. The minimum atomic E-state index is -0.00899. The number of amides is 2. The fourth-order valence-corrected chi connectivity index (χ4v) is 4.00. The van der Waals surface area contributed by atoms with Crippen LogP contribution in [0.5, 0.6) is 5.75 Å². The Morgan fingerprint density at radius 1 is 1.31 bits per heavy atom. The summed E-state index contributed by atoms with van der Waals surface area (Å²) < 4.78 is 5.59. The van der Waals surface area contributed by atoms with Crippen molar-refractivity contribution in [2.45, 2.75) is 25.3 Å². The van der Waals surface area contributed by atoms with Crippen molar-refractivity contribution in [1.29, 1.82) is 0 Å². The SMILES string of the molecule is Cl.O=C(CC1CSCCN1)Nc1cccc(OCC(=O)N2CCCC2)c1. The molecule has 2 fully saturated rings. The van der Waals surface area contributed by atoms with Gasteiger partial charge in [0.2, 0.25) is 5.91 Å². The summed E-state index contributed by atoms with van der Waals surface area (Å²) in [4.78, 5) is 26.0. The van der Waals surface area contributed by atoms with Gasteiger partial charge in [0, 0.05) is 55.4 Å². The van der Waals surface area contributed by atoms with Crippen molar-refractivity contribution in [2.75, 3.05) is 43.1 Å². The minimum Gasteiger partial charge on any atom is -0.484 e. The van der Waals surface area contributed by atoms with Crippen LogP contribution >= 0.6 is 24.2 Å². The zero-order valence-corrected chi connectivity index (χ0v) is 16.4. The first-order valence-electron chi connectivity index (χ1n) is 8.82. The number of nitrogens with zero attached hydrogens (tertiary/aromatic N) is 1. The van der Waals surface area contributed by atoms with E-state index in [2.05, 4.69) is 10.6 Å². The van der Waals surface area contributed by atoms with E-state index in [1.165, 1.54) is 0 Å². The van der Waals surface area contributed by atoms with Gasteiger partial charge in [0.25, 0.3) is 5.91 Å². The van der Waals surface area contributed by atoms with Gasteiger partial charge in [-0.05, 0) is 25.0 Å². The molecule has 3 rings (SSSR count). The van der Waals surface area contributed by atoms with Gasteiger partial charge >= 0.3 is 0 Å². The van der Waals surface area contributed by atoms with Gasteiger partial charge in [0.15, 0.2) is 6.61 Å². The molecule has 2 N–H and O–H groups in total. The second-order valence-corrected chi connectivity index (χ2v) is 7.53. The van der Waals surface area contributed by atoms with Crippen molar-refractivity contribution in [3.8, 4) is 5.75 Å². The zero-order chi connectivity index (χ0) is 17.5. The van der Waals surface area contributed by atoms with Gasteiger partial charge in [-0.25, -0.2) is 0 Å². The Bertz CT molecular complexity index is 605. The predicted octanol–water partition coefficient (Wildman–Crippen LogP) is 2.14. The van der Waals surface area contributed by atoms with Crippen molar-refractivity contribution < 1.29 is 14.3 Å². The first kappa shape index (κ1) is 20.9. The summed E-state index contributed by atoms with van der Waals surface area (Å²) in [6.45, 7) is 2.65. The Morgan fingerprint density at radius 2 is 2.12 bits per heavy atom. The predicted molar refractivity (Wildman–Crippen MR) is 107 cm³/mol. The summed E-state index contributed by atoms with van der Waals surface area (Å²) in [6.07, 6.45) is 2.61. The summed E-state index contributed by atoms with van der Waals surface area (Å²) >= 11 is 1.87. The number of nitrogens with one attached hydrogen (secondary N) is 2. The summed E-state index contributed by atoms with van der Waals surface area (Å²) in [5.74, 6) is 2.68. The average Bonchev–Trinajstić information content (AvgIpc) is 3.15. The number of carbonyl (C=O) groups excluding carboxylic acids is 2. The van der Waals surface area contributed by atoms with Crippen LogP contribution in [0, 0.1) is 0 Å². The molecule has 2 amide bonds. The number of hydrogen-bond donors (Lipinski definition) is 2. The van der Waals surface area contributed by atoms with Gasteiger partial charge in [-0.15, -0.1) is 12.4 Å². The highest BCUT2D eigenvalue weighted by atomic mass is 35.5. The highest BCUT2D eigenvalue weighted by molar-refractivity contribution is 7.99. The van der Waals surface area contributed by atoms with Gasteiger partial charge in [-0.1, -0.05) is 6.07 Å². The smallest absolute Gasteiger partial charge is 0.260 e. The maximum absolute atomic E-state index is 12.2. The van der Waals surface area contributed by atoms with E-state index in [4.69, 9.17) is 4.74 Å². The van der Waals surface area contributed by atoms with E-state index in [-0.39, 0.29) is 36.9 Å². The van der Waals surface area contributed by atoms with Crippen LogP contribution in [-0.2, 0) is 9.59 Å². The number of likely N-dealkylation sites (tertiary alicyclic amines) is 1. The van der Waals surface area contributed by atoms with Crippen LogP contribution in [-0.4, -0.2) is 60.5 Å². The number of hydrogen-bond acceptors (Lipinski definition) is 5. The molecule has 0 spiro atoms. The molecule has 0 aliphatic carbocycles. The van der Waals surface area contributed by atoms with Crippen LogP contribution in [0.4, 0.5) is 5.69 Å². The average molecular weight is 400 g/mol. The molecule has 0 radical (unpaired) electrons. The molecule has 6 nitrogen and oxygen atoms in total. The molecule has 2 aliphatic heterocycles. The number of benzene rings is 1. The third-order valence-corrected chi connectivity index (χ3v) is 5.50. The summed E-state index contributed by atoms with van der Waals surface area (Å²) in [5.41, 5.74) is 0.694. The van der Waals surface area contributed by atoms with Gasteiger partial charge in [0.1, 0.15) is 5.75 Å². The summed E-state index contributed by atoms with van der Waals surface area (Å²) in [6, 6.07) is 7.44. The van der Waals surface area contributed by atoms with E-state index in [0.29, 0.717) is 17.9 Å². The van der Waals surface area contributed by atoms with E-state index < -0.39 is 0 Å². The fraction of sp³-hybridized carbons (Fsp3) is 0.556. The van der Waals surface area contributed by atoms with Crippen LogP contribution in [0.3, 0.4) is 0 Å². The van der Waals surface area contributed by atoms with Crippen LogP contribution in [0.15, 0.2) is 24.3 Å². The highest BCUT2D eigenvalue weighted by Gasteiger charge is 2.19.